The number of benzene rings is 1. The minimum atomic E-state index is -0.562. The molecule has 0 radical (unpaired) electrons. The van der Waals surface area contributed by atoms with Gasteiger partial charge in [0.25, 0.3) is 0 Å². The van der Waals surface area contributed by atoms with E-state index in [-0.39, 0.29) is 18.2 Å². The maximum absolute atomic E-state index is 13.5. The van der Waals surface area contributed by atoms with Gasteiger partial charge in [-0.2, -0.15) is 4.98 Å². The molecule has 1 aromatic heterocycles. The molecule has 0 saturated carbocycles. The minimum absolute atomic E-state index is 0.00967. The van der Waals surface area contributed by atoms with Crippen LogP contribution in [0.4, 0.5) is 21.6 Å². The normalized spacial score (nSPS) is 13.3. The Labute approximate surface area is 114 Å². The highest BCUT2D eigenvalue weighted by molar-refractivity contribution is 6.63. The maximum Gasteiger partial charge on any atom is 0.438 e. The zero-order chi connectivity index (χ0) is 13.2. The Morgan fingerprint density at radius 2 is 2.16 bits per heavy atom. The Hall–Kier alpha value is -1.86. The van der Waals surface area contributed by atoms with Crippen LogP contribution in [0.3, 0.4) is 0 Å². The van der Waals surface area contributed by atoms with Gasteiger partial charge in [-0.1, -0.05) is 6.07 Å². The summed E-state index contributed by atoms with van der Waals surface area (Å²) in [7, 11) is 0.0699. The van der Waals surface area contributed by atoms with Crippen molar-refractivity contribution in [3.05, 3.63) is 41.6 Å². The molecule has 0 amide bonds. The molecule has 0 atom stereocenters. The molecule has 19 heavy (non-hydrogen) atoms. The van der Waals surface area contributed by atoms with Crippen molar-refractivity contribution in [2.24, 2.45) is 0 Å². The van der Waals surface area contributed by atoms with E-state index in [0.29, 0.717) is 12.2 Å². The lowest BCUT2D eigenvalue weighted by molar-refractivity contribution is 0.560. The van der Waals surface area contributed by atoms with Crippen molar-refractivity contribution in [3.8, 4) is 0 Å². The molecule has 1 saturated heterocycles. The molecule has 0 spiro atoms. The number of anilines is 3. The van der Waals surface area contributed by atoms with Gasteiger partial charge in [0.2, 0.25) is 5.28 Å². The van der Waals surface area contributed by atoms with E-state index in [2.05, 4.69) is 20.5 Å². The molecule has 0 unspecified atom stereocenters. The molecular weight excluding hydrogens is 269 g/mol. The van der Waals surface area contributed by atoms with E-state index in [0.717, 1.165) is 11.9 Å². The van der Waals surface area contributed by atoms with Gasteiger partial charge < -0.3 is 15.2 Å². The average Bonchev–Trinajstić information content (AvgIpc) is 3.18. The van der Waals surface area contributed by atoms with Crippen molar-refractivity contribution in [1.82, 2.24) is 9.97 Å². The van der Waals surface area contributed by atoms with Crippen LogP contribution in [0.5, 0.6) is 0 Å². The Kier molecular flexibility index (Phi) is 3.23. The van der Waals surface area contributed by atoms with Crippen molar-refractivity contribution in [3.63, 3.8) is 0 Å². The van der Waals surface area contributed by atoms with Gasteiger partial charge in [0.15, 0.2) is 11.6 Å². The fourth-order valence-corrected chi connectivity index (χ4v) is 1.71. The van der Waals surface area contributed by atoms with Crippen LogP contribution in [0.25, 0.3) is 0 Å². The standard InChI is InChI=1S/C11H9BClFN4O/c13-11-15-5-9(14)10(17-11)16-7-2-1-3-8(4-7)18-12-6-19-12/h1-5,18H,6H2,(H,15,16,17). The molecule has 96 valence electrons. The highest BCUT2D eigenvalue weighted by Crippen LogP contribution is 2.22. The molecule has 0 bridgehead atoms. The molecular formula is C11H9BClFN4O. The van der Waals surface area contributed by atoms with Gasteiger partial charge in [0.05, 0.1) is 12.7 Å². The summed E-state index contributed by atoms with van der Waals surface area (Å²) in [5.41, 5.74) is 1.58. The molecule has 1 aliphatic heterocycles. The smallest absolute Gasteiger partial charge is 0.418 e. The molecule has 8 heteroatoms. The average molecular weight is 278 g/mol. The molecule has 0 aliphatic carbocycles. The van der Waals surface area contributed by atoms with E-state index in [1.54, 1.807) is 6.07 Å². The number of rotatable bonds is 4. The number of aromatic nitrogens is 2. The van der Waals surface area contributed by atoms with Crippen LogP contribution in [0.15, 0.2) is 30.5 Å². The third-order valence-electron chi connectivity index (χ3n) is 2.50. The molecule has 1 fully saturated rings. The van der Waals surface area contributed by atoms with E-state index in [4.69, 9.17) is 16.3 Å². The molecule has 2 heterocycles. The van der Waals surface area contributed by atoms with Gasteiger partial charge in [-0.25, -0.2) is 9.37 Å². The first-order valence-corrected chi connectivity index (χ1v) is 6.02. The summed E-state index contributed by atoms with van der Waals surface area (Å²) < 4.78 is 18.6. The van der Waals surface area contributed by atoms with Crippen LogP contribution in [0.2, 0.25) is 5.28 Å². The predicted octanol–water partition coefficient (Wildman–Crippen LogP) is 2.48. The van der Waals surface area contributed by atoms with Gasteiger partial charge in [0, 0.05) is 11.4 Å². The number of nitrogens with zero attached hydrogens (tertiary/aromatic N) is 2. The Morgan fingerprint density at radius 3 is 2.95 bits per heavy atom. The fraction of sp³-hybridized carbons (Fsp3) is 0.0909. The van der Waals surface area contributed by atoms with E-state index in [1.165, 1.54) is 0 Å². The van der Waals surface area contributed by atoms with Crippen LogP contribution >= 0.6 is 11.6 Å². The summed E-state index contributed by atoms with van der Waals surface area (Å²) in [6.45, 7) is 0.702. The Bertz CT molecular complexity index is 611. The summed E-state index contributed by atoms with van der Waals surface area (Å²) in [6.07, 6.45) is 1.03. The Balaban J connectivity index is 1.79. The van der Waals surface area contributed by atoms with Gasteiger partial charge in [-0.05, 0) is 29.8 Å². The first-order valence-electron chi connectivity index (χ1n) is 5.64. The molecule has 1 aliphatic rings. The van der Waals surface area contributed by atoms with Crippen molar-refractivity contribution in [2.45, 2.75) is 0 Å². The van der Waals surface area contributed by atoms with E-state index in [1.807, 2.05) is 18.2 Å². The number of halogens is 2. The second-order valence-corrected chi connectivity index (χ2v) is 4.35. The predicted molar refractivity (Wildman–Crippen MR) is 72.1 cm³/mol. The zero-order valence-electron chi connectivity index (χ0n) is 9.73. The van der Waals surface area contributed by atoms with Crippen molar-refractivity contribution in [2.75, 3.05) is 17.1 Å². The monoisotopic (exact) mass is 278 g/mol. The van der Waals surface area contributed by atoms with E-state index in [9.17, 15) is 4.39 Å². The third-order valence-corrected chi connectivity index (χ3v) is 2.68. The lowest BCUT2D eigenvalue weighted by atomic mass is 9.96. The Morgan fingerprint density at radius 1 is 1.37 bits per heavy atom. The highest BCUT2D eigenvalue weighted by atomic mass is 35.5. The van der Waals surface area contributed by atoms with Gasteiger partial charge in [-0.15, -0.1) is 0 Å². The first-order chi connectivity index (χ1) is 9.20. The largest absolute Gasteiger partial charge is 0.438 e. The molecule has 5 nitrogen and oxygen atoms in total. The second kappa shape index (κ2) is 5.03. The first kappa shape index (κ1) is 12.2. The number of nitrogens with one attached hydrogen (secondary N) is 2. The van der Waals surface area contributed by atoms with Gasteiger partial charge in [0.1, 0.15) is 0 Å². The van der Waals surface area contributed by atoms with Gasteiger partial charge in [-0.3, -0.25) is 0 Å². The van der Waals surface area contributed by atoms with Crippen LogP contribution in [0.1, 0.15) is 0 Å². The second-order valence-electron chi connectivity index (χ2n) is 4.01. The van der Waals surface area contributed by atoms with Crippen molar-refractivity contribution >= 4 is 35.8 Å². The lowest BCUT2D eigenvalue weighted by Crippen LogP contribution is -2.08. The minimum Gasteiger partial charge on any atom is -0.418 e. The zero-order valence-corrected chi connectivity index (χ0v) is 10.5. The summed E-state index contributed by atoms with van der Waals surface area (Å²) in [5.74, 6) is -0.520. The summed E-state index contributed by atoms with van der Waals surface area (Å²) >= 11 is 5.63. The summed E-state index contributed by atoms with van der Waals surface area (Å²) in [4.78, 5) is 7.35. The molecule has 2 N–H and O–H groups in total. The SMILES string of the molecule is Fc1cnc(Cl)nc1Nc1cccc(NB2CO2)c1. The fourth-order valence-electron chi connectivity index (χ4n) is 1.57. The highest BCUT2D eigenvalue weighted by Gasteiger charge is 2.30. The van der Waals surface area contributed by atoms with Crippen LogP contribution in [-0.4, -0.2) is 23.5 Å². The van der Waals surface area contributed by atoms with Crippen molar-refractivity contribution in [1.29, 1.82) is 0 Å². The maximum atomic E-state index is 13.5. The summed E-state index contributed by atoms with van der Waals surface area (Å²) in [5, 5.41) is 6.00. The molecule has 3 rings (SSSR count). The van der Waals surface area contributed by atoms with E-state index >= 15 is 0 Å². The molecule has 1 aromatic carbocycles. The van der Waals surface area contributed by atoms with Crippen LogP contribution in [-0.2, 0) is 4.65 Å². The summed E-state index contributed by atoms with van der Waals surface area (Å²) in [6, 6.07) is 7.37. The van der Waals surface area contributed by atoms with E-state index < -0.39 is 5.82 Å². The van der Waals surface area contributed by atoms with Gasteiger partial charge >= 0.3 is 7.05 Å². The number of hydrogen-bond donors (Lipinski definition) is 2. The van der Waals surface area contributed by atoms with Crippen molar-refractivity contribution < 1.29 is 9.04 Å². The van der Waals surface area contributed by atoms with Crippen LogP contribution < -0.4 is 10.5 Å². The van der Waals surface area contributed by atoms with Crippen LogP contribution in [0, 0.1) is 5.82 Å². The number of hydrogen-bond acceptors (Lipinski definition) is 5. The molecule has 2 aromatic rings. The quantitative estimate of drug-likeness (QED) is 0.511. The lowest BCUT2D eigenvalue weighted by Gasteiger charge is -2.08. The third kappa shape index (κ3) is 3.13. The topological polar surface area (TPSA) is 62.4 Å².